The van der Waals surface area contributed by atoms with Crippen molar-refractivity contribution in [1.82, 2.24) is 0 Å². The van der Waals surface area contributed by atoms with Gasteiger partial charge in [-0.1, -0.05) is 54.6 Å². The number of anilines is 2. The van der Waals surface area contributed by atoms with E-state index in [1.54, 1.807) is 0 Å². The summed E-state index contributed by atoms with van der Waals surface area (Å²) < 4.78 is 5.95. The molecule has 3 aromatic rings. The van der Waals surface area contributed by atoms with Crippen LogP contribution < -0.4 is 15.4 Å². The lowest BCUT2D eigenvalue weighted by Gasteiger charge is -2.15. The predicted octanol–water partition coefficient (Wildman–Crippen LogP) is 4.69. The number of ether oxygens (including phenoxy) is 1. The molecule has 1 heterocycles. The van der Waals surface area contributed by atoms with Crippen molar-refractivity contribution in [3.63, 3.8) is 0 Å². The van der Waals surface area contributed by atoms with Crippen molar-refractivity contribution < 1.29 is 9.53 Å². The van der Waals surface area contributed by atoms with Gasteiger partial charge in [0, 0.05) is 18.5 Å². The average Bonchev–Trinajstić information content (AvgIpc) is 2.88. The van der Waals surface area contributed by atoms with E-state index in [1.807, 2.05) is 60.7 Å². The zero-order valence-corrected chi connectivity index (χ0v) is 14.4. The maximum atomic E-state index is 11.8. The number of carbonyl (C=O) groups is 1. The van der Waals surface area contributed by atoms with E-state index in [1.165, 1.54) is 0 Å². The Balaban J connectivity index is 1.61. The molecule has 4 heteroatoms. The summed E-state index contributed by atoms with van der Waals surface area (Å²) in [7, 11) is 0. The van der Waals surface area contributed by atoms with E-state index in [2.05, 4.69) is 22.8 Å². The van der Waals surface area contributed by atoms with Gasteiger partial charge in [0.15, 0.2) is 0 Å². The molecule has 0 saturated carbocycles. The number of amides is 1. The molecule has 0 unspecified atom stereocenters. The van der Waals surface area contributed by atoms with Crippen molar-refractivity contribution in [2.75, 3.05) is 17.2 Å². The molecule has 0 fully saturated rings. The largest absolute Gasteiger partial charge is 0.489 e. The van der Waals surface area contributed by atoms with E-state index < -0.39 is 0 Å². The minimum Gasteiger partial charge on any atom is -0.489 e. The van der Waals surface area contributed by atoms with Crippen molar-refractivity contribution >= 4 is 17.3 Å². The SMILES string of the molecule is O=C1CCNc2c(cccc2-c2cccc(OCc3ccccc3)c2)N1. The molecule has 0 saturated heterocycles. The maximum absolute atomic E-state index is 11.8. The second kappa shape index (κ2) is 7.31. The number of rotatable bonds is 4. The third-order valence-electron chi connectivity index (χ3n) is 4.39. The second-order valence-electron chi connectivity index (χ2n) is 6.26. The zero-order chi connectivity index (χ0) is 17.8. The van der Waals surface area contributed by atoms with Gasteiger partial charge in [0.05, 0.1) is 11.4 Å². The third-order valence-corrected chi connectivity index (χ3v) is 4.39. The van der Waals surface area contributed by atoms with Gasteiger partial charge in [-0.2, -0.15) is 0 Å². The predicted molar refractivity (Wildman–Crippen MR) is 104 cm³/mol. The molecule has 0 aliphatic carbocycles. The molecule has 0 aromatic heterocycles. The molecule has 1 amide bonds. The highest BCUT2D eigenvalue weighted by Crippen LogP contribution is 2.36. The van der Waals surface area contributed by atoms with Crippen LogP contribution in [0, 0.1) is 0 Å². The first-order chi connectivity index (χ1) is 12.8. The monoisotopic (exact) mass is 344 g/mol. The molecule has 130 valence electrons. The van der Waals surface area contributed by atoms with Crippen LogP contribution in [0.2, 0.25) is 0 Å². The molecule has 0 bridgehead atoms. The van der Waals surface area contributed by atoms with Crippen LogP contribution in [-0.4, -0.2) is 12.5 Å². The average molecular weight is 344 g/mol. The van der Waals surface area contributed by atoms with E-state index >= 15 is 0 Å². The number of nitrogens with one attached hydrogen (secondary N) is 2. The van der Waals surface area contributed by atoms with Crippen LogP contribution in [0.5, 0.6) is 5.75 Å². The van der Waals surface area contributed by atoms with E-state index in [9.17, 15) is 4.79 Å². The van der Waals surface area contributed by atoms with Crippen LogP contribution >= 0.6 is 0 Å². The van der Waals surface area contributed by atoms with E-state index in [-0.39, 0.29) is 5.91 Å². The van der Waals surface area contributed by atoms with Gasteiger partial charge in [-0.15, -0.1) is 0 Å². The Kier molecular flexibility index (Phi) is 4.56. The molecule has 4 nitrogen and oxygen atoms in total. The summed E-state index contributed by atoms with van der Waals surface area (Å²) in [6.07, 6.45) is 0.467. The third kappa shape index (κ3) is 3.54. The number of carbonyl (C=O) groups excluding carboxylic acids is 1. The molecule has 4 rings (SSSR count). The normalized spacial score (nSPS) is 13.2. The molecule has 2 N–H and O–H groups in total. The first kappa shape index (κ1) is 16.2. The summed E-state index contributed by atoms with van der Waals surface area (Å²) in [6, 6.07) is 24.1. The fourth-order valence-corrected chi connectivity index (χ4v) is 3.10. The van der Waals surface area contributed by atoms with E-state index in [0.29, 0.717) is 19.6 Å². The summed E-state index contributed by atoms with van der Waals surface area (Å²) in [5.74, 6) is 0.856. The minimum absolute atomic E-state index is 0.0355. The molecular weight excluding hydrogens is 324 g/mol. The smallest absolute Gasteiger partial charge is 0.226 e. The number of hydrogen-bond acceptors (Lipinski definition) is 3. The van der Waals surface area contributed by atoms with Crippen LogP contribution in [0.3, 0.4) is 0 Å². The minimum atomic E-state index is 0.0355. The van der Waals surface area contributed by atoms with Crippen molar-refractivity contribution in [2.45, 2.75) is 13.0 Å². The van der Waals surface area contributed by atoms with E-state index in [4.69, 9.17) is 4.74 Å². The summed E-state index contributed by atoms with van der Waals surface area (Å²) in [5.41, 5.74) is 5.01. The van der Waals surface area contributed by atoms with Crippen LogP contribution in [0.4, 0.5) is 11.4 Å². The van der Waals surface area contributed by atoms with Crippen molar-refractivity contribution in [1.29, 1.82) is 0 Å². The lowest BCUT2D eigenvalue weighted by molar-refractivity contribution is -0.115. The van der Waals surface area contributed by atoms with Crippen molar-refractivity contribution in [3.8, 4) is 16.9 Å². The summed E-state index contributed by atoms with van der Waals surface area (Å²) >= 11 is 0. The number of hydrogen-bond donors (Lipinski definition) is 2. The number of para-hydroxylation sites is 1. The van der Waals surface area contributed by atoms with E-state index in [0.717, 1.165) is 33.8 Å². The maximum Gasteiger partial charge on any atom is 0.226 e. The van der Waals surface area contributed by atoms with Gasteiger partial charge in [0.25, 0.3) is 0 Å². The Labute approximate surface area is 152 Å². The highest BCUT2D eigenvalue weighted by atomic mass is 16.5. The van der Waals surface area contributed by atoms with Crippen LogP contribution in [0.25, 0.3) is 11.1 Å². The summed E-state index contributed by atoms with van der Waals surface area (Å²) in [6.45, 7) is 1.16. The lowest BCUT2D eigenvalue weighted by atomic mass is 10.0. The molecule has 0 spiro atoms. The number of fused-ring (bicyclic) bond motifs is 1. The van der Waals surface area contributed by atoms with Crippen LogP contribution in [-0.2, 0) is 11.4 Å². The van der Waals surface area contributed by atoms with Crippen molar-refractivity contribution in [2.24, 2.45) is 0 Å². The highest BCUT2D eigenvalue weighted by Gasteiger charge is 2.16. The molecule has 1 aliphatic rings. The second-order valence-corrected chi connectivity index (χ2v) is 6.26. The topological polar surface area (TPSA) is 50.4 Å². The highest BCUT2D eigenvalue weighted by molar-refractivity contribution is 5.99. The van der Waals surface area contributed by atoms with Gasteiger partial charge < -0.3 is 15.4 Å². The first-order valence-electron chi connectivity index (χ1n) is 8.73. The molecule has 0 radical (unpaired) electrons. The van der Waals surface area contributed by atoms with Gasteiger partial charge in [-0.05, 0) is 29.3 Å². The Bertz CT molecular complexity index is 922. The fraction of sp³-hybridized carbons (Fsp3) is 0.136. The van der Waals surface area contributed by atoms with Crippen molar-refractivity contribution in [3.05, 3.63) is 78.4 Å². The zero-order valence-electron chi connectivity index (χ0n) is 14.4. The molecule has 3 aromatic carbocycles. The molecule has 26 heavy (non-hydrogen) atoms. The molecule has 0 atom stereocenters. The van der Waals surface area contributed by atoms with Crippen LogP contribution in [0.15, 0.2) is 72.8 Å². The van der Waals surface area contributed by atoms with Crippen LogP contribution in [0.1, 0.15) is 12.0 Å². The lowest BCUT2D eigenvalue weighted by Crippen LogP contribution is -2.10. The standard InChI is InChI=1S/C22H20N2O2/c25-21-12-13-23-22-19(10-5-11-20(22)24-21)17-8-4-9-18(14-17)26-15-16-6-2-1-3-7-16/h1-11,14,23H,12-13,15H2,(H,24,25). The van der Waals surface area contributed by atoms with Gasteiger partial charge in [-0.3, -0.25) is 4.79 Å². The Morgan fingerprint density at radius 3 is 2.65 bits per heavy atom. The Hall–Kier alpha value is -3.27. The van der Waals surface area contributed by atoms with Gasteiger partial charge in [-0.25, -0.2) is 0 Å². The quantitative estimate of drug-likeness (QED) is 0.722. The first-order valence-corrected chi connectivity index (χ1v) is 8.73. The Morgan fingerprint density at radius 1 is 0.923 bits per heavy atom. The summed E-state index contributed by atoms with van der Waals surface area (Å²) in [4.78, 5) is 11.8. The van der Waals surface area contributed by atoms with Gasteiger partial charge in [0.1, 0.15) is 12.4 Å². The van der Waals surface area contributed by atoms with Gasteiger partial charge >= 0.3 is 0 Å². The summed E-state index contributed by atoms with van der Waals surface area (Å²) in [5, 5.41) is 6.34. The Morgan fingerprint density at radius 2 is 1.77 bits per heavy atom. The fourth-order valence-electron chi connectivity index (χ4n) is 3.10. The molecular formula is C22H20N2O2. The molecule has 1 aliphatic heterocycles. The number of benzene rings is 3. The van der Waals surface area contributed by atoms with Gasteiger partial charge in [0.2, 0.25) is 5.91 Å².